The number of aromatic nitrogens is 3. The Labute approximate surface area is 111 Å². The van der Waals surface area contributed by atoms with Gasteiger partial charge in [0.05, 0.1) is 23.6 Å². The van der Waals surface area contributed by atoms with E-state index >= 15 is 0 Å². The fraction of sp³-hybridized carbons (Fsp3) is 0.462. The predicted molar refractivity (Wildman–Crippen MR) is 72.7 cm³/mol. The summed E-state index contributed by atoms with van der Waals surface area (Å²) in [5.74, 6) is -0.134. The maximum atomic E-state index is 11.9. The van der Waals surface area contributed by atoms with E-state index in [4.69, 9.17) is 5.73 Å². The molecule has 1 fully saturated rings. The van der Waals surface area contributed by atoms with Crippen LogP contribution in [0.1, 0.15) is 32.7 Å². The maximum Gasteiger partial charge on any atom is 0.244 e. The smallest absolute Gasteiger partial charge is 0.244 e. The summed E-state index contributed by atoms with van der Waals surface area (Å²) in [6.45, 7) is 4.10. The topological polar surface area (TPSA) is 85.8 Å². The standard InChI is InChI=1S/C13H17N5O/c1-8(2)18-11-9(6-16-18)5-10(7-15-11)17-12(19)13(14)3-4-13/h5-8H,3-4,14H2,1-2H3,(H,17,19). The van der Waals surface area contributed by atoms with E-state index in [0.717, 1.165) is 23.9 Å². The molecule has 0 aromatic carbocycles. The molecule has 3 rings (SSSR count). The van der Waals surface area contributed by atoms with Gasteiger partial charge in [0, 0.05) is 11.4 Å². The lowest BCUT2D eigenvalue weighted by molar-refractivity contribution is -0.118. The summed E-state index contributed by atoms with van der Waals surface area (Å²) < 4.78 is 1.85. The van der Waals surface area contributed by atoms with E-state index in [1.807, 2.05) is 10.7 Å². The van der Waals surface area contributed by atoms with Crippen molar-refractivity contribution in [3.05, 3.63) is 18.5 Å². The molecule has 0 spiro atoms. The van der Waals surface area contributed by atoms with Crippen molar-refractivity contribution in [3.63, 3.8) is 0 Å². The molecule has 19 heavy (non-hydrogen) atoms. The van der Waals surface area contributed by atoms with Gasteiger partial charge in [-0.3, -0.25) is 4.79 Å². The number of rotatable bonds is 3. The number of hydrogen-bond donors (Lipinski definition) is 2. The van der Waals surface area contributed by atoms with Crippen LogP contribution in [0, 0.1) is 0 Å². The van der Waals surface area contributed by atoms with Crippen LogP contribution in [-0.4, -0.2) is 26.2 Å². The quantitative estimate of drug-likeness (QED) is 0.873. The molecule has 0 radical (unpaired) electrons. The van der Waals surface area contributed by atoms with Crippen LogP contribution in [0.3, 0.4) is 0 Å². The van der Waals surface area contributed by atoms with Crippen LogP contribution in [-0.2, 0) is 4.79 Å². The van der Waals surface area contributed by atoms with E-state index in [-0.39, 0.29) is 11.9 Å². The molecule has 0 aliphatic heterocycles. The molecule has 2 heterocycles. The van der Waals surface area contributed by atoms with E-state index in [9.17, 15) is 4.79 Å². The highest BCUT2D eigenvalue weighted by atomic mass is 16.2. The molecular formula is C13H17N5O. The lowest BCUT2D eigenvalue weighted by Gasteiger charge is -2.10. The number of nitrogens with one attached hydrogen (secondary N) is 1. The van der Waals surface area contributed by atoms with Gasteiger partial charge in [-0.2, -0.15) is 5.10 Å². The number of carbonyl (C=O) groups is 1. The van der Waals surface area contributed by atoms with Crippen LogP contribution in [0.5, 0.6) is 0 Å². The van der Waals surface area contributed by atoms with Crippen LogP contribution in [0.15, 0.2) is 18.5 Å². The van der Waals surface area contributed by atoms with E-state index in [2.05, 4.69) is 29.2 Å². The second-order valence-electron chi connectivity index (χ2n) is 5.43. The highest BCUT2D eigenvalue weighted by Crippen LogP contribution is 2.33. The van der Waals surface area contributed by atoms with E-state index in [0.29, 0.717) is 5.69 Å². The Bertz CT molecular complexity index is 642. The first-order chi connectivity index (χ1) is 8.99. The molecule has 0 bridgehead atoms. The van der Waals surface area contributed by atoms with Gasteiger partial charge in [-0.1, -0.05) is 0 Å². The summed E-state index contributed by atoms with van der Waals surface area (Å²) in [6, 6.07) is 2.13. The SMILES string of the molecule is CC(C)n1ncc2cc(NC(=O)C3(N)CC3)cnc21. The molecule has 1 saturated carbocycles. The molecule has 100 valence electrons. The molecule has 0 saturated heterocycles. The highest BCUT2D eigenvalue weighted by Gasteiger charge is 2.45. The van der Waals surface area contributed by atoms with Crippen LogP contribution in [0.25, 0.3) is 11.0 Å². The number of nitrogens with two attached hydrogens (primary N) is 1. The maximum absolute atomic E-state index is 11.9. The molecule has 6 heteroatoms. The van der Waals surface area contributed by atoms with Crippen molar-refractivity contribution in [1.29, 1.82) is 0 Å². The average molecular weight is 259 g/mol. The zero-order valence-corrected chi connectivity index (χ0v) is 11.1. The third-order valence-corrected chi connectivity index (χ3v) is 3.42. The number of hydrogen-bond acceptors (Lipinski definition) is 4. The summed E-state index contributed by atoms with van der Waals surface area (Å²) in [5.41, 5.74) is 6.66. The molecule has 6 nitrogen and oxygen atoms in total. The van der Waals surface area contributed by atoms with Gasteiger partial charge >= 0.3 is 0 Å². The van der Waals surface area contributed by atoms with Gasteiger partial charge in [-0.25, -0.2) is 9.67 Å². The third-order valence-electron chi connectivity index (χ3n) is 3.42. The lowest BCUT2D eigenvalue weighted by atomic mass is 10.2. The van der Waals surface area contributed by atoms with Gasteiger partial charge < -0.3 is 11.1 Å². The Hall–Kier alpha value is -1.95. The van der Waals surface area contributed by atoms with Gasteiger partial charge in [-0.05, 0) is 32.8 Å². The molecule has 1 aliphatic rings. The molecule has 2 aromatic rings. The molecule has 3 N–H and O–H groups in total. The number of amides is 1. The van der Waals surface area contributed by atoms with Crippen molar-refractivity contribution in [1.82, 2.24) is 14.8 Å². The van der Waals surface area contributed by atoms with E-state index in [1.54, 1.807) is 12.4 Å². The Morgan fingerprint density at radius 3 is 2.84 bits per heavy atom. The third kappa shape index (κ3) is 2.08. The number of pyridine rings is 1. The van der Waals surface area contributed by atoms with E-state index < -0.39 is 5.54 Å². The first-order valence-corrected chi connectivity index (χ1v) is 6.43. The second kappa shape index (κ2) is 4.03. The fourth-order valence-corrected chi connectivity index (χ4v) is 2.00. The molecule has 0 atom stereocenters. The predicted octanol–water partition coefficient (Wildman–Crippen LogP) is 1.44. The average Bonchev–Trinajstić information content (AvgIpc) is 2.98. The van der Waals surface area contributed by atoms with E-state index in [1.165, 1.54) is 0 Å². The molecule has 1 aliphatic carbocycles. The Morgan fingerprint density at radius 2 is 2.21 bits per heavy atom. The normalized spacial score (nSPS) is 16.8. The molecule has 0 unspecified atom stereocenters. The van der Waals surface area contributed by atoms with Crippen molar-refractivity contribution in [3.8, 4) is 0 Å². The van der Waals surface area contributed by atoms with Crippen molar-refractivity contribution in [2.75, 3.05) is 5.32 Å². The summed E-state index contributed by atoms with van der Waals surface area (Å²) in [7, 11) is 0. The number of fused-ring (bicyclic) bond motifs is 1. The van der Waals surface area contributed by atoms with Crippen molar-refractivity contribution < 1.29 is 4.79 Å². The van der Waals surface area contributed by atoms with Crippen LogP contribution >= 0.6 is 0 Å². The zero-order chi connectivity index (χ0) is 13.6. The minimum absolute atomic E-state index is 0.134. The van der Waals surface area contributed by atoms with Gasteiger partial charge in [0.2, 0.25) is 5.91 Å². The summed E-state index contributed by atoms with van der Waals surface area (Å²) in [5, 5.41) is 8.01. The summed E-state index contributed by atoms with van der Waals surface area (Å²) >= 11 is 0. The second-order valence-corrected chi connectivity index (χ2v) is 5.43. The van der Waals surface area contributed by atoms with Gasteiger partial charge in [-0.15, -0.1) is 0 Å². The number of nitrogens with zero attached hydrogens (tertiary/aromatic N) is 3. The minimum Gasteiger partial charge on any atom is -0.323 e. The summed E-state index contributed by atoms with van der Waals surface area (Å²) in [4.78, 5) is 16.2. The fourth-order valence-electron chi connectivity index (χ4n) is 2.00. The van der Waals surface area contributed by atoms with Gasteiger partial charge in [0.15, 0.2) is 5.65 Å². The summed E-state index contributed by atoms with van der Waals surface area (Å²) in [6.07, 6.45) is 4.90. The minimum atomic E-state index is -0.670. The first kappa shape index (κ1) is 12.1. The van der Waals surface area contributed by atoms with Crippen LogP contribution in [0.4, 0.5) is 5.69 Å². The highest BCUT2D eigenvalue weighted by molar-refractivity contribution is 6.00. The van der Waals surface area contributed by atoms with Crippen LogP contribution in [0.2, 0.25) is 0 Å². The van der Waals surface area contributed by atoms with Crippen molar-refractivity contribution >= 4 is 22.6 Å². The molecule has 1 amide bonds. The Kier molecular flexibility index (Phi) is 2.56. The van der Waals surface area contributed by atoms with Gasteiger partial charge in [0.1, 0.15) is 0 Å². The largest absolute Gasteiger partial charge is 0.323 e. The lowest BCUT2D eigenvalue weighted by Crippen LogP contribution is -2.37. The van der Waals surface area contributed by atoms with Crippen molar-refractivity contribution in [2.24, 2.45) is 5.73 Å². The van der Waals surface area contributed by atoms with Crippen LogP contribution < -0.4 is 11.1 Å². The first-order valence-electron chi connectivity index (χ1n) is 6.43. The molecule has 2 aromatic heterocycles. The van der Waals surface area contributed by atoms with Gasteiger partial charge in [0.25, 0.3) is 0 Å². The van der Waals surface area contributed by atoms with Crippen molar-refractivity contribution in [2.45, 2.75) is 38.3 Å². The Balaban J connectivity index is 1.88. The number of anilines is 1. The number of carbonyl (C=O) groups excluding carboxylic acids is 1. The zero-order valence-electron chi connectivity index (χ0n) is 11.1. The monoisotopic (exact) mass is 259 g/mol. The Morgan fingerprint density at radius 1 is 1.47 bits per heavy atom. The molecular weight excluding hydrogens is 242 g/mol.